The van der Waals surface area contributed by atoms with Gasteiger partial charge in [-0.25, -0.2) is 17.5 Å². The normalized spacial score (nSPS) is 21.3. The number of benzene rings is 1. The molecule has 1 aromatic heterocycles. The summed E-state index contributed by atoms with van der Waals surface area (Å²) < 4.78 is 38.5. The number of nitrogen functional groups attached to an aromatic ring is 1. The van der Waals surface area contributed by atoms with Crippen LogP contribution in [-0.4, -0.2) is 40.1 Å². The van der Waals surface area contributed by atoms with Crippen molar-refractivity contribution in [2.24, 2.45) is 0 Å². The molecule has 2 heterocycles. The van der Waals surface area contributed by atoms with Crippen LogP contribution < -0.4 is 5.73 Å². The Morgan fingerprint density at radius 2 is 2.19 bits per heavy atom. The molecule has 2 N–H and O–H groups in total. The van der Waals surface area contributed by atoms with Crippen LogP contribution in [-0.2, 0) is 9.84 Å². The summed E-state index contributed by atoms with van der Waals surface area (Å²) >= 11 is 0. The van der Waals surface area contributed by atoms with Crippen LogP contribution >= 0.6 is 0 Å². The van der Waals surface area contributed by atoms with Crippen molar-refractivity contribution in [2.45, 2.75) is 18.9 Å². The van der Waals surface area contributed by atoms with Crippen LogP contribution in [0.25, 0.3) is 11.4 Å². The molecule has 1 unspecified atom stereocenters. The molecule has 0 saturated carbocycles. The quantitative estimate of drug-likeness (QED) is 0.823. The molecule has 0 aliphatic carbocycles. The van der Waals surface area contributed by atoms with Crippen LogP contribution in [0.2, 0.25) is 0 Å². The van der Waals surface area contributed by atoms with Crippen LogP contribution in [0.5, 0.6) is 0 Å². The second kappa shape index (κ2) is 5.06. The topological polar surface area (TPSA) is 104 Å². The van der Waals surface area contributed by atoms with Gasteiger partial charge in [0.1, 0.15) is 5.82 Å². The summed E-state index contributed by atoms with van der Waals surface area (Å²) in [6, 6.07) is 3.96. The van der Waals surface area contributed by atoms with E-state index >= 15 is 0 Å². The molecule has 0 spiro atoms. The van der Waals surface area contributed by atoms with E-state index in [1.807, 2.05) is 0 Å². The van der Waals surface area contributed by atoms with Crippen molar-refractivity contribution in [3.8, 4) is 11.4 Å². The van der Waals surface area contributed by atoms with E-state index < -0.39 is 15.7 Å². The van der Waals surface area contributed by atoms with E-state index in [2.05, 4.69) is 15.5 Å². The lowest BCUT2D eigenvalue weighted by molar-refractivity contribution is 0.429. The van der Waals surface area contributed by atoms with Gasteiger partial charge in [0.2, 0.25) is 0 Å². The molecule has 3 rings (SSSR count). The van der Waals surface area contributed by atoms with Gasteiger partial charge in [-0.05, 0) is 41.5 Å². The molecule has 1 aliphatic rings. The first-order valence-corrected chi connectivity index (χ1v) is 8.32. The Bertz CT molecular complexity index is 774. The van der Waals surface area contributed by atoms with Gasteiger partial charge in [0.25, 0.3) is 0 Å². The molecule has 0 radical (unpaired) electrons. The summed E-state index contributed by atoms with van der Waals surface area (Å²) in [5.74, 6) is -0.0192. The summed E-state index contributed by atoms with van der Waals surface area (Å²) in [5.41, 5.74) is 5.95. The Kier molecular flexibility index (Phi) is 3.36. The first kappa shape index (κ1) is 13.9. The molecule has 1 aliphatic heterocycles. The van der Waals surface area contributed by atoms with E-state index in [0.29, 0.717) is 24.2 Å². The number of aromatic nitrogens is 4. The van der Waals surface area contributed by atoms with Crippen molar-refractivity contribution in [2.75, 3.05) is 17.2 Å². The van der Waals surface area contributed by atoms with E-state index in [0.717, 1.165) is 0 Å². The van der Waals surface area contributed by atoms with Crippen LogP contribution in [0.1, 0.15) is 18.9 Å². The number of hydrogen-bond donors (Lipinski definition) is 1. The maximum Gasteiger partial charge on any atom is 0.182 e. The van der Waals surface area contributed by atoms with E-state index in [-0.39, 0.29) is 23.2 Å². The van der Waals surface area contributed by atoms with Crippen LogP contribution in [0.4, 0.5) is 10.1 Å². The van der Waals surface area contributed by atoms with E-state index in [4.69, 9.17) is 5.73 Å². The molecule has 9 heteroatoms. The molecule has 0 amide bonds. The Hall–Kier alpha value is -2.03. The highest BCUT2D eigenvalue weighted by molar-refractivity contribution is 7.91. The minimum absolute atomic E-state index is 0.00247. The number of hydrogen-bond acceptors (Lipinski definition) is 6. The summed E-state index contributed by atoms with van der Waals surface area (Å²) in [6.45, 7) is 0. The highest BCUT2D eigenvalue weighted by atomic mass is 32.2. The third-order valence-electron chi connectivity index (χ3n) is 3.54. The number of nitrogens with two attached hydrogens (primary N) is 1. The number of rotatable bonds is 2. The zero-order valence-electron chi connectivity index (χ0n) is 11.1. The minimum atomic E-state index is -3.08. The SMILES string of the molecule is Nc1ccc(-c2nnnn2C2CCCS(=O)(=O)C2)cc1F. The second-order valence-electron chi connectivity index (χ2n) is 5.09. The highest BCUT2D eigenvalue weighted by Gasteiger charge is 2.29. The molecule has 1 fully saturated rings. The first-order chi connectivity index (χ1) is 9.96. The molecule has 2 aromatic rings. The number of nitrogens with zero attached hydrogens (tertiary/aromatic N) is 4. The Morgan fingerprint density at radius 3 is 2.90 bits per heavy atom. The molecule has 0 bridgehead atoms. The van der Waals surface area contributed by atoms with Crippen molar-refractivity contribution in [3.05, 3.63) is 24.0 Å². The highest BCUT2D eigenvalue weighted by Crippen LogP contribution is 2.27. The average molecular weight is 311 g/mol. The van der Waals surface area contributed by atoms with E-state index in [1.165, 1.54) is 16.8 Å². The third kappa shape index (κ3) is 2.73. The summed E-state index contributed by atoms with van der Waals surface area (Å²) in [4.78, 5) is 0. The molecule has 112 valence electrons. The van der Waals surface area contributed by atoms with Crippen molar-refractivity contribution in [1.82, 2.24) is 20.2 Å². The Morgan fingerprint density at radius 1 is 1.38 bits per heavy atom. The van der Waals surface area contributed by atoms with Gasteiger partial charge in [-0.15, -0.1) is 5.10 Å². The fourth-order valence-electron chi connectivity index (χ4n) is 2.49. The van der Waals surface area contributed by atoms with E-state index in [9.17, 15) is 12.8 Å². The molecular formula is C12H14FN5O2S. The predicted molar refractivity (Wildman–Crippen MR) is 74.5 cm³/mol. The van der Waals surface area contributed by atoms with Crippen molar-refractivity contribution >= 4 is 15.5 Å². The smallest absolute Gasteiger partial charge is 0.182 e. The van der Waals surface area contributed by atoms with E-state index in [1.54, 1.807) is 6.07 Å². The van der Waals surface area contributed by atoms with Crippen molar-refractivity contribution < 1.29 is 12.8 Å². The van der Waals surface area contributed by atoms with Crippen LogP contribution in [0.15, 0.2) is 18.2 Å². The number of anilines is 1. The zero-order chi connectivity index (χ0) is 15.0. The first-order valence-electron chi connectivity index (χ1n) is 6.50. The molecular weight excluding hydrogens is 297 g/mol. The molecule has 7 nitrogen and oxygen atoms in total. The van der Waals surface area contributed by atoms with Gasteiger partial charge >= 0.3 is 0 Å². The fourth-order valence-corrected chi connectivity index (χ4v) is 4.15. The second-order valence-corrected chi connectivity index (χ2v) is 7.32. The van der Waals surface area contributed by atoms with Gasteiger partial charge in [-0.3, -0.25) is 0 Å². The van der Waals surface area contributed by atoms with Crippen LogP contribution in [0.3, 0.4) is 0 Å². The lowest BCUT2D eigenvalue weighted by atomic mass is 10.1. The molecule has 21 heavy (non-hydrogen) atoms. The molecule has 1 atom stereocenters. The maximum atomic E-state index is 13.6. The van der Waals surface area contributed by atoms with Gasteiger partial charge in [-0.1, -0.05) is 0 Å². The predicted octanol–water partition coefficient (Wildman–Crippen LogP) is 0.811. The fraction of sp³-hybridized carbons (Fsp3) is 0.417. The van der Waals surface area contributed by atoms with Crippen molar-refractivity contribution in [1.29, 1.82) is 0 Å². The molecule has 1 aromatic carbocycles. The minimum Gasteiger partial charge on any atom is -0.396 e. The lowest BCUT2D eigenvalue weighted by Gasteiger charge is -2.22. The average Bonchev–Trinajstić information content (AvgIpc) is 2.90. The summed E-state index contributed by atoms with van der Waals surface area (Å²) in [5, 5.41) is 11.3. The number of sulfone groups is 1. The Balaban J connectivity index is 1.99. The van der Waals surface area contributed by atoms with Gasteiger partial charge < -0.3 is 5.73 Å². The maximum absolute atomic E-state index is 13.6. The monoisotopic (exact) mass is 311 g/mol. The van der Waals surface area contributed by atoms with Gasteiger partial charge in [0.05, 0.1) is 23.2 Å². The van der Waals surface area contributed by atoms with Gasteiger partial charge in [0, 0.05) is 5.56 Å². The Labute approximate surface area is 120 Å². The number of tetrazole rings is 1. The summed E-state index contributed by atoms with van der Waals surface area (Å²) in [6.07, 6.45) is 1.25. The van der Waals surface area contributed by atoms with Gasteiger partial charge in [0.15, 0.2) is 15.7 Å². The number of halogens is 1. The van der Waals surface area contributed by atoms with Gasteiger partial charge in [-0.2, -0.15) is 0 Å². The standard InChI is InChI=1S/C12H14FN5O2S/c13-10-6-8(3-4-11(10)14)12-15-16-17-18(12)9-2-1-5-21(19,20)7-9/h3-4,6,9H,1-2,5,7,14H2. The molecule has 1 saturated heterocycles. The van der Waals surface area contributed by atoms with Crippen molar-refractivity contribution in [3.63, 3.8) is 0 Å². The third-order valence-corrected chi connectivity index (χ3v) is 5.34. The zero-order valence-corrected chi connectivity index (χ0v) is 11.9. The van der Waals surface area contributed by atoms with Crippen LogP contribution in [0, 0.1) is 5.82 Å². The largest absolute Gasteiger partial charge is 0.396 e. The summed E-state index contributed by atoms with van der Waals surface area (Å²) in [7, 11) is -3.08. The lowest BCUT2D eigenvalue weighted by Crippen LogP contribution is -2.28.